The molecule has 136 valence electrons. The third-order valence-electron chi connectivity index (χ3n) is 4.36. The molecule has 2 heterocycles. The maximum Gasteiger partial charge on any atom is 0.277 e. The largest absolute Gasteiger partial charge is 0.319 e. The number of fused-ring (bicyclic) bond motifs is 3. The lowest BCUT2D eigenvalue weighted by atomic mass is 10.1. The summed E-state index contributed by atoms with van der Waals surface area (Å²) >= 11 is 5.73. The van der Waals surface area contributed by atoms with Gasteiger partial charge in [0.25, 0.3) is 11.5 Å². The van der Waals surface area contributed by atoms with E-state index in [1.807, 2.05) is 6.92 Å². The van der Waals surface area contributed by atoms with Crippen LogP contribution < -0.4 is 10.9 Å². The molecule has 27 heavy (non-hydrogen) atoms. The zero-order valence-electron chi connectivity index (χ0n) is 14.2. The summed E-state index contributed by atoms with van der Waals surface area (Å²) in [6, 6.07) is 10.6. The fraction of sp³-hybridized carbons (Fsp3) is 0.105. The molecule has 2 aromatic heterocycles. The molecule has 0 saturated carbocycles. The summed E-state index contributed by atoms with van der Waals surface area (Å²) in [4.78, 5) is 25.2. The van der Waals surface area contributed by atoms with Crippen LogP contribution in [0.2, 0.25) is 5.02 Å². The molecule has 0 fully saturated rings. The minimum atomic E-state index is -0.625. The normalized spacial score (nSPS) is 11.2. The number of aromatic nitrogens is 3. The van der Waals surface area contributed by atoms with Gasteiger partial charge in [0, 0.05) is 17.1 Å². The van der Waals surface area contributed by atoms with Crippen LogP contribution >= 0.6 is 11.6 Å². The van der Waals surface area contributed by atoms with E-state index in [-0.39, 0.29) is 16.3 Å². The van der Waals surface area contributed by atoms with Crippen molar-refractivity contribution in [3.05, 3.63) is 75.4 Å². The first-order valence-electron chi connectivity index (χ1n) is 8.26. The highest BCUT2D eigenvalue weighted by Crippen LogP contribution is 2.21. The first-order valence-corrected chi connectivity index (χ1v) is 8.64. The molecule has 0 aliphatic heterocycles. The lowest BCUT2D eigenvalue weighted by Crippen LogP contribution is -2.23. The summed E-state index contributed by atoms with van der Waals surface area (Å²) in [6.07, 6.45) is 1.56. The third-order valence-corrected chi connectivity index (χ3v) is 4.59. The highest BCUT2D eigenvalue weighted by atomic mass is 35.5. The molecule has 0 atom stereocenters. The van der Waals surface area contributed by atoms with Crippen LogP contribution in [0.3, 0.4) is 0 Å². The van der Waals surface area contributed by atoms with Gasteiger partial charge in [-0.25, -0.2) is 8.91 Å². The Hall–Kier alpha value is -3.19. The molecule has 1 N–H and O–H groups in total. The second-order valence-corrected chi connectivity index (χ2v) is 6.40. The van der Waals surface area contributed by atoms with E-state index < -0.39 is 11.7 Å². The summed E-state index contributed by atoms with van der Waals surface area (Å²) in [5, 5.41) is 6.95. The van der Waals surface area contributed by atoms with Crippen LogP contribution in [0.25, 0.3) is 16.6 Å². The predicted octanol–water partition coefficient (Wildman–Crippen LogP) is 3.71. The number of halogens is 2. The van der Waals surface area contributed by atoms with Crippen LogP contribution in [0, 0.1) is 5.82 Å². The third kappa shape index (κ3) is 2.86. The van der Waals surface area contributed by atoms with E-state index in [2.05, 4.69) is 10.4 Å². The maximum atomic E-state index is 13.9. The van der Waals surface area contributed by atoms with Crippen molar-refractivity contribution in [3.63, 3.8) is 0 Å². The smallest absolute Gasteiger partial charge is 0.277 e. The van der Waals surface area contributed by atoms with E-state index in [0.717, 1.165) is 6.07 Å². The molecule has 0 aliphatic rings. The van der Waals surface area contributed by atoms with Crippen LogP contribution in [0.4, 0.5) is 10.1 Å². The van der Waals surface area contributed by atoms with Crippen molar-refractivity contribution in [2.24, 2.45) is 0 Å². The molecule has 8 heteroatoms. The van der Waals surface area contributed by atoms with Gasteiger partial charge in [0.2, 0.25) is 0 Å². The van der Waals surface area contributed by atoms with Gasteiger partial charge < -0.3 is 9.88 Å². The van der Waals surface area contributed by atoms with Crippen molar-refractivity contribution in [2.45, 2.75) is 13.5 Å². The van der Waals surface area contributed by atoms with E-state index in [1.165, 1.54) is 12.1 Å². The first kappa shape index (κ1) is 17.2. The van der Waals surface area contributed by atoms with Crippen molar-refractivity contribution in [2.75, 3.05) is 5.32 Å². The highest BCUT2D eigenvalue weighted by molar-refractivity contribution is 6.30. The van der Waals surface area contributed by atoms with Gasteiger partial charge >= 0.3 is 0 Å². The first-order chi connectivity index (χ1) is 13.0. The van der Waals surface area contributed by atoms with Gasteiger partial charge in [0.1, 0.15) is 11.3 Å². The van der Waals surface area contributed by atoms with Crippen LogP contribution in [0.1, 0.15) is 17.3 Å². The SMILES string of the molecule is CCn1c(=O)c2ccnn2c2ccc(C(=O)Nc3ccc(Cl)cc3F)cc21. The van der Waals surface area contributed by atoms with Crippen molar-refractivity contribution in [1.29, 1.82) is 0 Å². The average Bonchev–Trinajstić information content (AvgIpc) is 3.14. The summed E-state index contributed by atoms with van der Waals surface area (Å²) in [7, 11) is 0. The lowest BCUT2D eigenvalue weighted by Gasteiger charge is -2.12. The number of amides is 1. The molecule has 0 radical (unpaired) electrons. The van der Waals surface area contributed by atoms with E-state index in [4.69, 9.17) is 11.6 Å². The lowest BCUT2D eigenvalue weighted by molar-refractivity contribution is 0.102. The van der Waals surface area contributed by atoms with Crippen LogP contribution in [0.5, 0.6) is 0 Å². The van der Waals surface area contributed by atoms with E-state index >= 15 is 0 Å². The molecule has 0 aliphatic carbocycles. The summed E-state index contributed by atoms with van der Waals surface area (Å²) in [5.41, 5.74) is 1.87. The standard InChI is InChI=1S/C19H14ClFN4O2/c1-2-24-17-9-11(18(26)23-14-5-4-12(20)10-13(14)21)3-6-15(17)25-16(19(24)27)7-8-22-25/h3-10H,2H2,1H3,(H,23,26). The molecule has 0 bridgehead atoms. The number of hydrogen-bond donors (Lipinski definition) is 1. The second-order valence-electron chi connectivity index (χ2n) is 5.96. The molecule has 0 saturated heterocycles. The van der Waals surface area contributed by atoms with Crippen molar-refractivity contribution < 1.29 is 9.18 Å². The Labute approximate surface area is 157 Å². The van der Waals surface area contributed by atoms with Gasteiger partial charge in [0.15, 0.2) is 0 Å². The minimum Gasteiger partial charge on any atom is -0.319 e. The Morgan fingerprint density at radius 3 is 2.70 bits per heavy atom. The fourth-order valence-corrected chi connectivity index (χ4v) is 3.22. The number of rotatable bonds is 3. The van der Waals surface area contributed by atoms with Gasteiger partial charge in [-0.05, 0) is 49.4 Å². The number of hydrogen-bond acceptors (Lipinski definition) is 3. The second kappa shape index (κ2) is 6.51. The molecule has 2 aromatic carbocycles. The van der Waals surface area contributed by atoms with Gasteiger partial charge in [0.05, 0.1) is 22.9 Å². The minimum absolute atomic E-state index is 0.0277. The molecule has 4 rings (SSSR count). The number of carbonyl (C=O) groups excluding carboxylic acids is 1. The molecular weight excluding hydrogens is 371 g/mol. The Morgan fingerprint density at radius 1 is 1.15 bits per heavy atom. The molecule has 4 aromatic rings. The maximum absolute atomic E-state index is 13.9. The Morgan fingerprint density at radius 2 is 1.96 bits per heavy atom. The summed E-state index contributed by atoms with van der Waals surface area (Å²) in [5.74, 6) is -1.12. The number of anilines is 1. The number of nitrogens with zero attached hydrogens (tertiary/aromatic N) is 3. The highest BCUT2D eigenvalue weighted by Gasteiger charge is 2.15. The number of nitrogens with one attached hydrogen (secondary N) is 1. The number of carbonyl (C=O) groups is 1. The van der Waals surface area contributed by atoms with E-state index in [1.54, 1.807) is 39.5 Å². The molecule has 6 nitrogen and oxygen atoms in total. The summed E-state index contributed by atoms with van der Waals surface area (Å²) < 4.78 is 17.1. The van der Waals surface area contributed by atoms with Crippen LogP contribution in [0.15, 0.2) is 53.5 Å². The summed E-state index contributed by atoms with van der Waals surface area (Å²) in [6.45, 7) is 2.29. The number of benzene rings is 2. The van der Waals surface area contributed by atoms with E-state index in [9.17, 15) is 14.0 Å². The van der Waals surface area contributed by atoms with Gasteiger partial charge in [-0.3, -0.25) is 9.59 Å². The van der Waals surface area contributed by atoms with Gasteiger partial charge in [-0.1, -0.05) is 11.6 Å². The van der Waals surface area contributed by atoms with Gasteiger partial charge in [-0.15, -0.1) is 0 Å². The van der Waals surface area contributed by atoms with Crippen LogP contribution in [-0.2, 0) is 6.54 Å². The monoisotopic (exact) mass is 384 g/mol. The fourth-order valence-electron chi connectivity index (χ4n) is 3.06. The Bertz CT molecular complexity index is 1260. The molecule has 0 unspecified atom stereocenters. The van der Waals surface area contributed by atoms with Crippen molar-refractivity contribution in [3.8, 4) is 0 Å². The average molecular weight is 385 g/mol. The zero-order chi connectivity index (χ0) is 19.1. The molecular formula is C19H14ClFN4O2. The topological polar surface area (TPSA) is 68.4 Å². The van der Waals surface area contributed by atoms with Crippen molar-refractivity contribution in [1.82, 2.24) is 14.2 Å². The Balaban J connectivity index is 1.82. The molecule has 0 spiro atoms. The number of aryl methyl sites for hydroxylation is 1. The molecule has 1 amide bonds. The van der Waals surface area contributed by atoms with Crippen LogP contribution in [-0.4, -0.2) is 20.1 Å². The van der Waals surface area contributed by atoms with Crippen molar-refractivity contribution >= 4 is 39.7 Å². The Kier molecular flexibility index (Phi) is 4.16. The zero-order valence-corrected chi connectivity index (χ0v) is 15.0. The quantitative estimate of drug-likeness (QED) is 0.585. The predicted molar refractivity (Wildman–Crippen MR) is 102 cm³/mol. The van der Waals surface area contributed by atoms with Gasteiger partial charge in [-0.2, -0.15) is 5.10 Å². The van der Waals surface area contributed by atoms with E-state index in [0.29, 0.717) is 28.7 Å².